The van der Waals surface area contributed by atoms with Gasteiger partial charge < -0.3 is 34.0 Å². The molecule has 0 radical (unpaired) electrons. The Morgan fingerprint density at radius 3 is 1.66 bits per heavy atom. The van der Waals surface area contributed by atoms with E-state index in [4.69, 9.17) is 28.7 Å². The quantitative estimate of drug-likeness (QED) is 0.129. The van der Waals surface area contributed by atoms with Crippen LogP contribution in [0.5, 0.6) is 0 Å². The first-order valence-corrected chi connectivity index (χ1v) is 17.7. The zero-order chi connectivity index (χ0) is 41.7. The summed E-state index contributed by atoms with van der Waals surface area (Å²) in [7, 11) is 0. The normalized spacial score (nSPS) is 10.6. The number of halogens is 2. The molecule has 59 heavy (non-hydrogen) atoms. The monoisotopic (exact) mass is 804 g/mol. The predicted molar refractivity (Wildman–Crippen MR) is 204 cm³/mol. The highest BCUT2D eigenvalue weighted by Gasteiger charge is 2.13. The second-order valence-electron chi connectivity index (χ2n) is 12.4. The van der Waals surface area contributed by atoms with Crippen molar-refractivity contribution in [3.8, 4) is 45.7 Å². The zero-order valence-electron chi connectivity index (χ0n) is 31.4. The molecule has 0 saturated carbocycles. The maximum atomic E-state index is 13.3. The van der Waals surface area contributed by atoms with Crippen molar-refractivity contribution in [2.75, 3.05) is 13.1 Å². The van der Waals surface area contributed by atoms with E-state index in [9.17, 15) is 18.4 Å². The number of aryl methyl sites for hydroxylation is 2. The molecule has 0 atom stereocenters. The summed E-state index contributed by atoms with van der Waals surface area (Å²) in [6.45, 7) is 4.21. The first-order chi connectivity index (χ1) is 28.5. The van der Waals surface area contributed by atoms with Crippen LogP contribution >= 0.6 is 0 Å². The summed E-state index contributed by atoms with van der Waals surface area (Å²) in [5.74, 6) is 0.340. The Morgan fingerprint density at radius 1 is 0.678 bits per heavy atom. The summed E-state index contributed by atoms with van der Waals surface area (Å²) in [6, 6.07) is 15.2. The van der Waals surface area contributed by atoms with Gasteiger partial charge in [-0.15, -0.1) is 0 Å². The molecule has 8 rings (SSSR count). The maximum absolute atomic E-state index is 13.3. The largest absolute Gasteiger partial charge is 0.478 e. The number of carboxylic acid groups (broad SMARTS) is 1. The van der Waals surface area contributed by atoms with Gasteiger partial charge in [0.25, 0.3) is 5.91 Å². The molecule has 6 aromatic heterocycles. The summed E-state index contributed by atoms with van der Waals surface area (Å²) in [4.78, 5) is 47.5. The molecule has 0 aliphatic heterocycles. The number of carboxylic acids is 1. The van der Waals surface area contributed by atoms with Crippen molar-refractivity contribution in [2.45, 2.75) is 26.7 Å². The number of pyridine rings is 2. The molecule has 0 bridgehead atoms. The molecule has 0 aliphatic rings. The van der Waals surface area contributed by atoms with Crippen LogP contribution in [0.3, 0.4) is 0 Å². The fourth-order valence-electron chi connectivity index (χ4n) is 5.10. The fraction of sp³-hybridized carbons (Fsp3) is 0.150. The molecule has 8 aromatic rings. The van der Waals surface area contributed by atoms with Crippen LogP contribution < -0.4 is 11.1 Å². The Balaban J connectivity index is 0.000000164. The van der Waals surface area contributed by atoms with Gasteiger partial charge in [0, 0.05) is 80.3 Å². The van der Waals surface area contributed by atoms with Gasteiger partial charge in [0.05, 0.1) is 22.5 Å². The summed E-state index contributed by atoms with van der Waals surface area (Å²) in [5.41, 5.74) is 9.61. The zero-order valence-corrected chi connectivity index (χ0v) is 31.4. The van der Waals surface area contributed by atoms with Gasteiger partial charge >= 0.3 is 5.97 Å². The van der Waals surface area contributed by atoms with Crippen LogP contribution in [-0.4, -0.2) is 70.3 Å². The highest BCUT2D eigenvalue weighted by atomic mass is 19.1. The Labute approximate surface area is 333 Å². The molecule has 0 spiro atoms. The number of aromatic nitrogens is 8. The number of amides is 1. The number of oxazole rings is 2. The highest BCUT2D eigenvalue weighted by molar-refractivity contribution is 5.94. The second-order valence-corrected chi connectivity index (χ2v) is 12.4. The summed E-state index contributed by atoms with van der Waals surface area (Å²) >= 11 is 0. The third kappa shape index (κ3) is 11.4. The van der Waals surface area contributed by atoms with E-state index in [2.05, 4.69) is 45.5 Å². The minimum absolute atomic E-state index is 0.0925. The lowest BCUT2D eigenvalue weighted by Crippen LogP contribution is -2.25. The van der Waals surface area contributed by atoms with Gasteiger partial charge in [-0.25, -0.2) is 23.5 Å². The standard InChI is InChI=1S/C20H16FN5O3.C11H11FN2O.C9H7N3O3/c1-12-24-18(26-29-12)14-7-15(10-22-9-14)19(27)23-6-5-17-11-28-20(25-17)13-3-2-4-16(21)8-13;12-9-3-1-2-8(6-9)11-14-10(4-5-13)7-15-11;1-5-11-8(12-15-5)6-2-7(9(13)14)4-10-3-6/h2-4,7-11H,5-6H2,1H3,(H,23,27);1-3,6-7H,4-5,13H2;2-4H,1H3,(H,13,14). The average molecular weight is 805 g/mol. The van der Waals surface area contributed by atoms with Crippen LogP contribution in [0.4, 0.5) is 8.78 Å². The third-order valence-electron chi connectivity index (χ3n) is 7.87. The number of carbonyl (C=O) groups is 2. The molecule has 0 aliphatic carbocycles. The molecule has 1 amide bonds. The molecule has 0 fully saturated rings. The summed E-state index contributed by atoms with van der Waals surface area (Å²) in [6.07, 6.45) is 9.94. The van der Waals surface area contributed by atoms with Crippen LogP contribution in [0.2, 0.25) is 0 Å². The summed E-state index contributed by atoms with van der Waals surface area (Å²) in [5, 5.41) is 19.1. The molecular formula is C40H34F2N10O7. The van der Waals surface area contributed by atoms with Crippen molar-refractivity contribution in [1.29, 1.82) is 0 Å². The number of benzene rings is 2. The smallest absolute Gasteiger partial charge is 0.337 e. The maximum Gasteiger partial charge on any atom is 0.337 e. The molecule has 0 saturated heterocycles. The Hall–Kier alpha value is -7.80. The van der Waals surface area contributed by atoms with Gasteiger partial charge in [0.2, 0.25) is 35.2 Å². The molecule has 6 heterocycles. The van der Waals surface area contributed by atoms with E-state index in [0.717, 1.165) is 5.69 Å². The molecule has 17 nitrogen and oxygen atoms in total. The van der Waals surface area contributed by atoms with Crippen LogP contribution in [0, 0.1) is 25.5 Å². The van der Waals surface area contributed by atoms with Crippen molar-refractivity contribution in [3.63, 3.8) is 0 Å². The lowest BCUT2D eigenvalue weighted by molar-refractivity contribution is 0.0696. The highest BCUT2D eigenvalue weighted by Crippen LogP contribution is 2.21. The van der Waals surface area contributed by atoms with Gasteiger partial charge in [-0.1, -0.05) is 22.4 Å². The first-order valence-electron chi connectivity index (χ1n) is 17.7. The molecule has 2 aromatic carbocycles. The van der Waals surface area contributed by atoms with E-state index in [1.54, 1.807) is 56.6 Å². The lowest BCUT2D eigenvalue weighted by atomic mass is 10.2. The summed E-state index contributed by atoms with van der Waals surface area (Å²) < 4.78 is 46.6. The number of hydrogen-bond acceptors (Lipinski definition) is 15. The minimum Gasteiger partial charge on any atom is -0.478 e. The topological polar surface area (TPSA) is 248 Å². The van der Waals surface area contributed by atoms with Gasteiger partial charge in [-0.2, -0.15) is 9.97 Å². The number of nitrogens with two attached hydrogens (primary N) is 1. The van der Waals surface area contributed by atoms with E-state index in [0.29, 0.717) is 94.7 Å². The van der Waals surface area contributed by atoms with Gasteiger partial charge in [-0.3, -0.25) is 14.8 Å². The Morgan fingerprint density at radius 2 is 1.19 bits per heavy atom. The van der Waals surface area contributed by atoms with Gasteiger partial charge in [0.15, 0.2) is 0 Å². The fourth-order valence-corrected chi connectivity index (χ4v) is 5.10. The van der Waals surface area contributed by atoms with E-state index in [-0.39, 0.29) is 23.1 Å². The number of nitrogens with one attached hydrogen (secondary N) is 1. The minimum atomic E-state index is -1.04. The van der Waals surface area contributed by atoms with Gasteiger partial charge in [0.1, 0.15) is 24.2 Å². The molecular weight excluding hydrogens is 770 g/mol. The van der Waals surface area contributed by atoms with Crippen molar-refractivity contribution in [1.82, 2.24) is 45.5 Å². The van der Waals surface area contributed by atoms with Crippen LogP contribution in [0.25, 0.3) is 45.7 Å². The van der Waals surface area contributed by atoms with Crippen molar-refractivity contribution < 1.29 is 41.4 Å². The predicted octanol–water partition coefficient (Wildman–Crippen LogP) is 6.33. The molecule has 19 heteroatoms. The molecule has 4 N–H and O–H groups in total. The lowest BCUT2D eigenvalue weighted by Gasteiger charge is -2.04. The average Bonchev–Trinajstić information content (AvgIpc) is 4.08. The molecule has 300 valence electrons. The number of carbonyl (C=O) groups excluding carboxylic acids is 1. The van der Waals surface area contributed by atoms with Crippen LogP contribution in [-0.2, 0) is 12.8 Å². The SMILES string of the molecule is Cc1nc(-c2cncc(C(=O)NCCc3coc(-c4cccc(F)c4)n3)c2)no1.Cc1nc(-c2cncc(C(=O)O)c2)no1.NCCc1coc(-c2cccc(F)c2)n1. The van der Waals surface area contributed by atoms with E-state index in [1.807, 2.05) is 0 Å². The number of hydrogen-bond donors (Lipinski definition) is 3. The number of aromatic carboxylic acids is 1. The first kappa shape index (κ1) is 40.9. The second kappa shape index (κ2) is 19.4. The van der Waals surface area contributed by atoms with Crippen molar-refractivity contribution >= 4 is 11.9 Å². The number of nitrogens with zero attached hydrogens (tertiary/aromatic N) is 8. The van der Waals surface area contributed by atoms with Gasteiger partial charge in [-0.05, 0) is 55.1 Å². The van der Waals surface area contributed by atoms with Crippen LogP contribution in [0.15, 0.2) is 116 Å². The molecule has 0 unspecified atom stereocenters. The van der Waals surface area contributed by atoms with Crippen molar-refractivity contribution in [3.05, 3.63) is 144 Å². The van der Waals surface area contributed by atoms with Crippen molar-refractivity contribution in [2.24, 2.45) is 5.73 Å². The van der Waals surface area contributed by atoms with E-state index < -0.39 is 5.97 Å². The number of rotatable bonds is 11. The Kier molecular flexibility index (Phi) is 13.4. The van der Waals surface area contributed by atoms with E-state index >= 15 is 0 Å². The van der Waals surface area contributed by atoms with E-state index in [1.165, 1.54) is 55.2 Å². The third-order valence-corrected chi connectivity index (χ3v) is 7.87. The Bertz CT molecular complexity index is 2660. The van der Waals surface area contributed by atoms with Crippen LogP contribution in [0.1, 0.15) is 43.9 Å².